The van der Waals surface area contributed by atoms with E-state index in [2.05, 4.69) is 48.1 Å². The maximum atomic E-state index is 6.28. The number of nitrogens with zero attached hydrogens (tertiary/aromatic N) is 4. The fourth-order valence-electron chi connectivity index (χ4n) is 3.57. The first-order valence-corrected chi connectivity index (χ1v) is 11.0. The molecular formula is C22H27BrN6O. The van der Waals surface area contributed by atoms with Gasteiger partial charge in [-0.25, -0.2) is 9.97 Å². The summed E-state index contributed by atoms with van der Waals surface area (Å²) in [5, 5.41) is 4.20. The number of hydrogen-bond donors (Lipinski definition) is 2. The van der Waals surface area contributed by atoms with E-state index in [4.69, 9.17) is 10.5 Å². The number of nitrogen functional groups attached to an aromatic ring is 1. The number of halogens is 1. The Kier molecular flexibility index (Phi) is 6.66. The van der Waals surface area contributed by atoms with Gasteiger partial charge in [0.15, 0.2) is 0 Å². The predicted octanol–water partition coefficient (Wildman–Crippen LogP) is 3.73. The molecule has 3 N–H and O–H groups in total. The number of benzene rings is 2. The smallest absolute Gasteiger partial charge is 0.144 e. The quantitative estimate of drug-likeness (QED) is 0.402. The van der Waals surface area contributed by atoms with Gasteiger partial charge in [-0.3, -0.25) is 0 Å². The van der Waals surface area contributed by atoms with Gasteiger partial charge in [0.2, 0.25) is 0 Å². The molecule has 0 amide bonds. The second-order valence-electron chi connectivity index (χ2n) is 7.61. The van der Waals surface area contributed by atoms with Gasteiger partial charge in [0, 0.05) is 54.3 Å². The number of hydrogen-bond acceptors (Lipinski definition) is 7. The molecule has 4 rings (SSSR count). The summed E-state index contributed by atoms with van der Waals surface area (Å²) < 4.78 is 6.98. The summed E-state index contributed by atoms with van der Waals surface area (Å²) in [6.07, 6.45) is 2.52. The van der Waals surface area contributed by atoms with Crippen molar-refractivity contribution in [2.75, 3.05) is 57.4 Å². The maximum absolute atomic E-state index is 6.28. The number of anilines is 3. The standard InChI is InChI=1S/C22H27BrN6O/c1-28-7-9-29(10-8-28)6-3-11-30-21-14-20-18(13-19(21)24)22(26-15-25-20)27-17-5-2-4-16(23)12-17/h2,4-5,12-15H,3,6-11,24H2,1H3,(H,25,26,27). The molecule has 7 nitrogen and oxygen atoms in total. The third kappa shape index (κ3) is 5.19. The highest BCUT2D eigenvalue weighted by Crippen LogP contribution is 2.31. The number of likely N-dealkylation sites (N-methyl/N-ethyl adjacent to an activating group) is 1. The largest absolute Gasteiger partial charge is 0.491 e. The van der Waals surface area contributed by atoms with Crippen LogP contribution in [0.25, 0.3) is 10.9 Å². The minimum Gasteiger partial charge on any atom is -0.491 e. The molecule has 1 aliphatic rings. The number of nitrogens with two attached hydrogens (primary N) is 1. The fraction of sp³-hybridized carbons (Fsp3) is 0.364. The predicted molar refractivity (Wildman–Crippen MR) is 125 cm³/mol. The second kappa shape index (κ2) is 9.59. The van der Waals surface area contributed by atoms with Crippen LogP contribution in [-0.2, 0) is 0 Å². The van der Waals surface area contributed by atoms with Gasteiger partial charge in [0.05, 0.1) is 17.8 Å². The number of piperazine rings is 1. The summed E-state index contributed by atoms with van der Waals surface area (Å²) in [6, 6.07) is 11.7. The van der Waals surface area contributed by atoms with Gasteiger partial charge in [0.25, 0.3) is 0 Å². The van der Waals surface area contributed by atoms with Crippen molar-refractivity contribution < 1.29 is 4.74 Å². The first-order chi connectivity index (χ1) is 14.6. The van der Waals surface area contributed by atoms with Crippen molar-refractivity contribution in [2.45, 2.75) is 6.42 Å². The molecule has 0 bridgehead atoms. The summed E-state index contributed by atoms with van der Waals surface area (Å²) in [6.45, 7) is 6.20. The number of fused-ring (bicyclic) bond motifs is 1. The lowest BCUT2D eigenvalue weighted by atomic mass is 10.2. The molecule has 0 spiro atoms. The molecule has 2 heterocycles. The third-order valence-electron chi connectivity index (χ3n) is 5.33. The monoisotopic (exact) mass is 470 g/mol. The normalized spacial score (nSPS) is 15.4. The minimum atomic E-state index is 0.592. The molecule has 2 aromatic carbocycles. The maximum Gasteiger partial charge on any atom is 0.144 e. The zero-order chi connectivity index (χ0) is 20.9. The highest BCUT2D eigenvalue weighted by Gasteiger charge is 2.13. The van der Waals surface area contributed by atoms with Crippen molar-refractivity contribution in [3.8, 4) is 5.75 Å². The van der Waals surface area contributed by atoms with E-state index in [-0.39, 0.29) is 0 Å². The average Bonchev–Trinajstić information content (AvgIpc) is 2.73. The molecule has 0 aliphatic carbocycles. The average molecular weight is 471 g/mol. The number of rotatable bonds is 7. The van der Waals surface area contributed by atoms with E-state index in [0.29, 0.717) is 23.9 Å². The van der Waals surface area contributed by atoms with Crippen molar-refractivity contribution >= 4 is 44.0 Å². The molecule has 30 heavy (non-hydrogen) atoms. The van der Waals surface area contributed by atoms with Gasteiger partial charge < -0.3 is 25.6 Å². The summed E-state index contributed by atoms with van der Waals surface area (Å²) in [5.41, 5.74) is 8.61. The van der Waals surface area contributed by atoms with Crippen LogP contribution in [0.4, 0.5) is 17.2 Å². The van der Waals surface area contributed by atoms with Crippen LogP contribution in [0.5, 0.6) is 5.75 Å². The number of nitrogens with one attached hydrogen (secondary N) is 1. The summed E-state index contributed by atoms with van der Waals surface area (Å²) >= 11 is 3.49. The molecule has 1 aliphatic heterocycles. The Hall–Kier alpha value is -2.42. The van der Waals surface area contributed by atoms with Gasteiger partial charge in [-0.2, -0.15) is 0 Å². The van der Waals surface area contributed by atoms with Crippen LogP contribution >= 0.6 is 15.9 Å². The molecule has 1 fully saturated rings. The Balaban J connectivity index is 1.41. The molecule has 158 valence electrons. The summed E-state index contributed by atoms with van der Waals surface area (Å²) in [4.78, 5) is 13.6. The van der Waals surface area contributed by atoms with E-state index in [1.807, 2.05) is 36.4 Å². The van der Waals surface area contributed by atoms with E-state index in [1.165, 1.54) is 0 Å². The van der Waals surface area contributed by atoms with Crippen LogP contribution in [0.15, 0.2) is 47.2 Å². The summed E-state index contributed by atoms with van der Waals surface area (Å²) in [5.74, 6) is 1.39. The van der Waals surface area contributed by atoms with E-state index in [1.54, 1.807) is 6.33 Å². The van der Waals surface area contributed by atoms with Crippen LogP contribution in [0.2, 0.25) is 0 Å². The molecule has 0 unspecified atom stereocenters. The van der Waals surface area contributed by atoms with Gasteiger partial charge in [-0.05, 0) is 37.7 Å². The highest BCUT2D eigenvalue weighted by molar-refractivity contribution is 9.10. The van der Waals surface area contributed by atoms with Crippen LogP contribution < -0.4 is 15.8 Å². The molecule has 0 radical (unpaired) electrons. The van der Waals surface area contributed by atoms with Crippen LogP contribution in [0.3, 0.4) is 0 Å². The Labute approximate surface area is 185 Å². The Morgan fingerprint density at radius 2 is 1.97 bits per heavy atom. The van der Waals surface area contributed by atoms with E-state index in [9.17, 15) is 0 Å². The lowest BCUT2D eigenvalue weighted by Gasteiger charge is -2.32. The minimum absolute atomic E-state index is 0.592. The van der Waals surface area contributed by atoms with Crippen molar-refractivity contribution in [3.63, 3.8) is 0 Å². The molecule has 1 aromatic heterocycles. The van der Waals surface area contributed by atoms with Crippen LogP contribution in [0.1, 0.15) is 6.42 Å². The van der Waals surface area contributed by atoms with Crippen molar-refractivity contribution in [2.24, 2.45) is 0 Å². The van der Waals surface area contributed by atoms with Crippen LogP contribution in [-0.4, -0.2) is 66.1 Å². The third-order valence-corrected chi connectivity index (χ3v) is 5.82. The van der Waals surface area contributed by atoms with Crippen molar-refractivity contribution in [3.05, 3.63) is 47.2 Å². The topological polar surface area (TPSA) is 79.5 Å². The first kappa shape index (κ1) is 20.8. The Morgan fingerprint density at radius 1 is 1.13 bits per heavy atom. The molecule has 3 aromatic rings. The second-order valence-corrected chi connectivity index (χ2v) is 8.53. The SMILES string of the molecule is CN1CCN(CCCOc2cc3ncnc(Nc4cccc(Br)c4)c3cc2N)CC1. The van der Waals surface area contributed by atoms with Crippen molar-refractivity contribution in [1.29, 1.82) is 0 Å². The highest BCUT2D eigenvalue weighted by atomic mass is 79.9. The van der Waals surface area contributed by atoms with Gasteiger partial charge >= 0.3 is 0 Å². The van der Waals surface area contributed by atoms with Crippen LogP contribution in [0, 0.1) is 0 Å². The molecule has 0 saturated carbocycles. The molecule has 1 saturated heterocycles. The summed E-state index contributed by atoms with van der Waals surface area (Å²) in [7, 11) is 2.17. The van der Waals surface area contributed by atoms with Gasteiger partial charge in [-0.15, -0.1) is 0 Å². The number of aromatic nitrogens is 2. The lowest BCUT2D eigenvalue weighted by molar-refractivity contribution is 0.145. The zero-order valence-electron chi connectivity index (χ0n) is 17.1. The van der Waals surface area contributed by atoms with E-state index in [0.717, 1.165) is 60.2 Å². The zero-order valence-corrected chi connectivity index (χ0v) is 18.7. The fourth-order valence-corrected chi connectivity index (χ4v) is 3.97. The van der Waals surface area contributed by atoms with E-state index < -0.39 is 0 Å². The lowest BCUT2D eigenvalue weighted by Crippen LogP contribution is -2.44. The van der Waals surface area contributed by atoms with Crippen molar-refractivity contribution in [1.82, 2.24) is 19.8 Å². The molecule has 0 atom stereocenters. The molecule has 8 heteroatoms. The molecular weight excluding hydrogens is 444 g/mol. The first-order valence-electron chi connectivity index (χ1n) is 10.2. The number of ether oxygens (including phenoxy) is 1. The Morgan fingerprint density at radius 3 is 2.77 bits per heavy atom. The van der Waals surface area contributed by atoms with E-state index >= 15 is 0 Å². The van der Waals surface area contributed by atoms with Gasteiger partial charge in [-0.1, -0.05) is 22.0 Å². The Bertz CT molecular complexity index is 1010. The van der Waals surface area contributed by atoms with Gasteiger partial charge in [0.1, 0.15) is 17.9 Å².